The van der Waals surface area contributed by atoms with Gasteiger partial charge in [-0.3, -0.25) is 0 Å². The van der Waals surface area contributed by atoms with Crippen LogP contribution in [0.1, 0.15) is 6.92 Å². The van der Waals surface area contributed by atoms with Crippen LogP contribution in [0.15, 0.2) is 48.8 Å². The van der Waals surface area contributed by atoms with E-state index in [1.807, 2.05) is 12.1 Å². The molecule has 0 saturated carbocycles. The average Bonchev–Trinajstić information content (AvgIpc) is 2.60. The Balaban J connectivity index is 1.94. The first-order valence-corrected chi connectivity index (χ1v) is 8.12. The summed E-state index contributed by atoms with van der Waals surface area (Å²) in [6.07, 6.45) is 1.58. The van der Waals surface area contributed by atoms with Gasteiger partial charge >= 0.3 is 0 Å². The van der Waals surface area contributed by atoms with Crippen molar-refractivity contribution in [2.24, 2.45) is 0 Å². The molecule has 0 atom stereocenters. The Hall–Kier alpha value is -3.26. The number of nitrogens with zero attached hydrogens (tertiary/aromatic N) is 3. The summed E-state index contributed by atoms with van der Waals surface area (Å²) < 4.78 is 5.14. The van der Waals surface area contributed by atoms with E-state index in [0.717, 1.165) is 11.3 Å². The zero-order chi connectivity index (χ0) is 18.7. The van der Waals surface area contributed by atoms with Gasteiger partial charge in [-0.05, 0) is 49.5 Å². The molecular weight excluding hydrogens is 350 g/mol. The topological polar surface area (TPSA) is 92.2 Å². The first-order chi connectivity index (χ1) is 12.5. The molecule has 0 saturated heterocycles. The number of aromatic hydroxyl groups is 1. The Bertz CT molecular complexity index is 1010. The second kappa shape index (κ2) is 7.32. The fraction of sp³-hybridized carbons (Fsp3) is 0.111. The molecule has 2 heterocycles. The van der Waals surface area contributed by atoms with Gasteiger partial charge in [0.05, 0.1) is 19.0 Å². The van der Waals surface area contributed by atoms with E-state index in [9.17, 15) is 5.11 Å². The highest BCUT2D eigenvalue weighted by molar-refractivity contribution is 7.80. The van der Waals surface area contributed by atoms with Crippen LogP contribution in [0.4, 0.5) is 5.82 Å². The van der Waals surface area contributed by atoms with Crippen LogP contribution in [-0.2, 0) is 0 Å². The van der Waals surface area contributed by atoms with Gasteiger partial charge in [-0.25, -0.2) is 15.0 Å². The van der Waals surface area contributed by atoms with Crippen molar-refractivity contribution >= 4 is 34.3 Å². The van der Waals surface area contributed by atoms with Gasteiger partial charge in [0.2, 0.25) is 0 Å². The summed E-state index contributed by atoms with van der Waals surface area (Å²) in [6.45, 7) is 5.54. The molecule has 2 aromatic heterocycles. The van der Waals surface area contributed by atoms with Crippen LogP contribution >= 0.6 is 12.2 Å². The number of aromatic nitrogens is 3. The molecule has 0 aliphatic heterocycles. The largest absolute Gasteiger partial charge is 0.504 e. The first kappa shape index (κ1) is 17.6. The van der Waals surface area contributed by atoms with Gasteiger partial charge in [-0.2, -0.15) is 0 Å². The second-order valence-corrected chi connectivity index (χ2v) is 5.95. The number of methoxy groups -OCH3 is 1. The van der Waals surface area contributed by atoms with Gasteiger partial charge in [0.25, 0.3) is 0 Å². The third-order valence-electron chi connectivity index (χ3n) is 3.45. The maximum absolute atomic E-state index is 9.74. The summed E-state index contributed by atoms with van der Waals surface area (Å²) in [7, 11) is 1.50. The number of thiocarbonyl (C=S) groups is 1. The minimum atomic E-state index is 0.0711. The van der Waals surface area contributed by atoms with Gasteiger partial charge in [0.15, 0.2) is 28.1 Å². The monoisotopic (exact) mass is 367 g/mol. The second-order valence-electron chi connectivity index (χ2n) is 5.54. The third-order valence-corrected chi connectivity index (χ3v) is 3.65. The average molecular weight is 367 g/mol. The van der Waals surface area contributed by atoms with E-state index in [1.54, 1.807) is 31.3 Å². The van der Waals surface area contributed by atoms with Gasteiger partial charge < -0.3 is 20.5 Å². The van der Waals surface area contributed by atoms with Gasteiger partial charge in [-0.15, -0.1) is 0 Å². The lowest BCUT2D eigenvalue weighted by atomic mass is 10.1. The molecular formula is C18H17N5O2S. The third kappa shape index (κ3) is 3.86. The number of pyridine rings is 1. The number of phenolic OH excluding ortho intramolecular Hbond substituents is 1. The van der Waals surface area contributed by atoms with Crippen LogP contribution in [0.5, 0.6) is 11.5 Å². The van der Waals surface area contributed by atoms with Crippen molar-refractivity contribution in [2.45, 2.75) is 6.92 Å². The lowest BCUT2D eigenvalue weighted by Crippen LogP contribution is -2.26. The SMILES string of the molecule is C=C(C)NC(=S)Nc1cnc2ccc(-c3ccc(O)c(OC)c3)nc2n1. The Morgan fingerprint density at radius 3 is 2.77 bits per heavy atom. The lowest BCUT2D eigenvalue weighted by Gasteiger charge is -2.10. The highest BCUT2D eigenvalue weighted by atomic mass is 32.1. The minimum Gasteiger partial charge on any atom is -0.504 e. The summed E-state index contributed by atoms with van der Waals surface area (Å²) in [5.41, 5.74) is 3.32. The summed E-state index contributed by atoms with van der Waals surface area (Å²) in [5, 5.41) is 16.0. The van der Waals surface area contributed by atoms with E-state index >= 15 is 0 Å². The summed E-state index contributed by atoms with van der Waals surface area (Å²) in [4.78, 5) is 13.3. The highest BCUT2D eigenvalue weighted by Gasteiger charge is 2.09. The standard InChI is InChI=1S/C18H17N5O2S/c1-10(2)20-18(26)23-16-9-19-13-6-5-12(21-17(13)22-16)11-4-7-14(24)15(8-11)25-3/h4-9,24H,1H2,2-3H3,(H2,20,21,22,23,26). The van der Waals surface area contributed by atoms with Crippen molar-refractivity contribution < 1.29 is 9.84 Å². The number of fused-ring (bicyclic) bond motifs is 1. The quantitative estimate of drug-likeness (QED) is 0.606. The number of hydrogen-bond donors (Lipinski definition) is 3. The van der Waals surface area contributed by atoms with Gasteiger partial charge in [0, 0.05) is 11.3 Å². The molecule has 132 valence electrons. The van der Waals surface area contributed by atoms with Crippen LogP contribution in [0.2, 0.25) is 0 Å². The first-order valence-electron chi connectivity index (χ1n) is 7.71. The van der Waals surface area contributed by atoms with Crippen molar-refractivity contribution in [3.63, 3.8) is 0 Å². The molecule has 0 fully saturated rings. The predicted molar refractivity (Wildman–Crippen MR) is 105 cm³/mol. The number of allylic oxidation sites excluding steroid dienone is 1. The number of rotatable bonds is 4. The molecule has 0 bridgehead atoms. The highest BCUT2D eigenvalue weighted by Crippen LogP contribution is 2.31. The van der Waals surface area contributed by atoms with Crippen molar-refractivity contribution in [1.29, 1.82) is 0 Å². The van der Waals surface area contributed by atoms with E-state index in [1.165, 1.54) is 7.11 Å². The molecule has 0 aliphatic carbocycles. The van der Waals surface area contributed by atoms with Crippen LogP contribution in [-0.4, -0.2) is 32.3 Å². The van der Waals surface area contributed by atoms with Crippen LogP contribution in [0.3, 0.4) is 0 Å². The number of phenols is 1. The molecule has 1 aromatic carbocycles. The molecule has 0 unspecified atom stereocenters. The van der Waals surface area contributed by atoms with E-state index in [2.05, 4.69) is 32.2 Å². The van der Waals surface area contributed by atoms with E-state index in [-0.39, 0.29) is 5.75 Å². The fourth-order valence-corrected chi connectivity index (χ4v) is 2.58. The van der Waals surface area contributed by atoms with Gasteiger partial charge in [-0.1, -0.05) is 6.58 Å². The zero-order valence-corrected chi connectivity index (χ0v) is 15.1. The normalized spacial score (nSPS) is 10.4. The molecule has 3 N–H and O–H groups in total. The molecule has 3 rings (SSSR count). The van der Waals surface area contributed by atoms with E-state index < -0.39 is 0 Å². The minimum absolute atomic E-state index is 0.0711. The molecule has 0 aliphatic rings. The van der Waals surface area contributed by atoms with Crippen molar-refractivity contribution in [3.05, 3.63) is 48.8 Å². The Kier molecular flexibility index (Phi) is 4.94. The smallest absolute Gasteiger partial charge is 0.180 e. The van der Waals surface area contributed by atoms with E-state index in [0.29, 0.717) is 33.5 Å². The Labute approximate surface area is 155 Å². The zero-order valence-electron chi connectivity index (χ0n) is 14.3. The molecule has 8 heteroatoms. The summed E-state index contributed by atoms with van der Waals surface area (Å²) in [5.74, 6) is 0.924. The summed E-state index contributed by atoms with van der Waals surface area (Å²) in [6, 6.07) is 8.70. The van der Waals surface area contributed by atoms with Gasteiger partial charge in [0.1, 0.15) is 5.52 Å². The fourth-order valence-electron chi connectivity index (χ4n) is 2.30. The maximum Gasteiger partial charge on any atom is 0.180 e. The Morgan fingerprint density at radius 1 is 1.23 bits per heavy atom. The number of nitrogens with one attached hydrogen (secondary N) is 2. The number of benzene rings is 1. The van der Waals surface area contributed by atoms with Crippen LogP contribution < -0.4 is 15.4 Å². The van der Waals surface area contributed by atoms with Crippen molar-refractivity contribution in [3.8, 4) is 22.8 Å². The Morgan fingerprint density at radius 2 is 2.04 bits per heavy atom. The van der Waals surface area contributed by atoms with Crippen molar-refractivity contribution in [1.82, 2.24) is 20.3 Å². The molecule has 3 aromatic rings. The van der Waals surface area contributed by atoms with E-state index in [4.69, 9.17) is 17.0 Å². The summed E-state index contributed by atoms with van der Waals surface area (Å²) >= 11 is 5.17. The molecule has 0 amide bonds. The van der Waals surface area contributed by atoms with Crippen LogP contribution in [0, 0.1) is 0 Å². The number of anilines is 1. The van der Waals surface area contributed by atoms with Crippen LogP contribution in [0.25, 0.3) is 22.4 Å². The molecule has 7 nitrogen and oxygen atoms in total. The number of ether oxygens (including phenoxy) is 1. The molecule has 26 heavy (non-hydrogen) atoms. The number of hydrogen-bond acceptors (Lipinski definition) is 6. The predicted octanol–water partition coefficient (Wildman–Crippen LogP) is 3.23. The van der Waals surface area contributed by atoms with Crippen molar-refractivity contribution in [2.75, 3.05) is 12.4 Å². The lowest BCUT2D eigenvalue weighted by molar-refractivity contribution is 0.373. The maximum atomic E-state index is 9.74. The molecule has 0 spiro atoms. The molecule has 0 radical (unpaired) electrons.